The lowest BCUT2D eigenvalue weighted by molar-refractivity contribution is -0.157. The summed E-state index contributed by atoms with van der Waals surface area (Å²) in [6.07, 6.45) is 1.37. The van der Waals surface area contributed by atoms with E-state index in [1.54, 1.807) is 0 Å². The summed E-state index contributed by atoms with van der Waals surface area (Å²) < 4.78 is 12.1. The molecule has 2 fully saturated rings. The van der Waals surface area contributed by atoms with Crippen molar-refractivity contribution in [2.75, 3.05) is 39.3 Å². The number of hydrogen-bond acceptors (Lipinski definition) is 6. The molecule has 0 bridgehead atoms. The van der Waals surface area contributed by atoms with E-state index in [-0.39, 0.29) is 17.6 Å². The molecule has 7 nitrogen and oxygen atoms in total. The molecule has 1 spiro atoms. The average Bonchev–Trinajstić information content (AvgIpc) is 3.43. The summed E-state index contributed by atoms with van der Waals surface area (Å²) in [6, 6.07) is 7.50. The molecule has 0 aliphatic carbocycles. The standard InChI is InChI=1S/C24H33ClN4O3.C2H6/c1-4-28(5-2)13-12-26-22(30)21-10-11-24(32-21)15-29(16-24)14-20-17(3)31-23(27-20)18-6-8-19(25)9-7-18;1-2/h6-9,21H,4-5,10-16H2,1-3H3,(H,26,30);1-2H3. The maximum Gasteiger partial charge on any atom is 0.249 e. The van der Waals surface area contributed by atoms with Crippen LogP contribution in [0.4, 0.5) is 0 Å². The second kappa shape index (κ2) is 12.2. The first-order valence-corrected chi connectivity index (χ1v) is 12.9. The number of aromatic nitrogens is 1. The summed E-state index contributed by atoms with van der Waals surface area (Å²) in [6.45, 7) is 16.1. The minimum absolute atomic E-state index is 0.0208. The molecule has 188 valence electrons. The van der Waals surface area contributed by atoms with E-state index in [9.17, 15) is 4.79 Å². The molecule has 4 rings (SSSR count). The van der Waals surface area contributed by atoms with Gasteiger partial charge in [-0.3, -0.25) is 9.69 Å². The fourth-order valence-electron chi connectivity index (χ4n) is 4.60. The van der Waals surface area contributed by atoms with Gasteiger partial charge in [0.1, 0.15) is 11.9 Å². The van der Waals surface area contributed by atoms with E-state index in [0.29, 0.717) is 17.5 Å². The van der Waals surface area contributed by atoms with Crippen molar-refractivity contribution in [2.24, 2.45) is 0 Å². The van der Waals surface area contributed by atoms with E-state index in [4.69, 9.17) is 25.7 Å². The Balaban J connectivity index is 0.00000158. The molecule has 3 heterocycles. The third-order valence-electron chi connectivity index (χ3n) is 6.55. The van der Waals surface area contributed by atoms with Gasteiger partial charge in [0.05, 0.1) is 11.3 Å². The molecule has 0 radical (unpaired) electrons. The molecular formula is C26H39ClN4O3. The van der Waals surface area contributed by atoms with Crippen molar-refractivity contribution in [3.63, 3.8) is 0 Å². The van der Waals surface area contributed by atoms with Crippen LogP contribution in [-0.2, 0) is 16.1 Å². The Kier molecular flexibility index (Phi) is 9.54. The Morgan fingerprint density at radius 2 is 1.91 bits per heavy atom. The van der Waals surface area contributed by atoms with Gasteiger partial charge in [-0.05, 0) is 57.1 Å². The summed E-state index contributed by atoms with van der Waals surface area (Å²) in [7, 11) is 0. The third kappa shape index (κ3) is 6.39. The largest absolute Gasteiger partial charge is 0.441 e. The maximum absolute atomic E-state index is 12.5. The topological polar surface area (TPSA) is 70.8 Å². The number of ether oxygens (including phenoxy) is 1. The van der Waals surface area contributed by atoms with Gasteiger partial charge in [-0.2, -0.15) is 0 Å². The Labute approximate surface area is 208 Å². The number of oxazole rings is 1. The zero-order valence-corrected chi connectivity index (χ0v) is 22.0. The molecule has 1 aromatic carbocycles. The summed E-state index contributed by atoms with van der Waals surface area (Å²) >= 11 is 5.97. The molecule has 2 aliphatic rings. The molecule has 2 aromatic rings. The van der Waals surface area contributed by atoms with Gasteiger partial charge in [0.2, 0.25) is 11.8 Å². The highest BCUT2D eigenvalue weighted by Crippen LogP contribution is 2.39. The van der Waals surface area contributed by atoms with Crippen molar-refractivity contribution < 1.29 is 13.9 Å². The van der Waals surface area contributed by atoms with Crippen LogP contribution in [0.25, 0.3) is 11.5 Å². The van der Waals surface area contributed by atoms with Crippen molar-refractivity contribution in [3.05, 3.63) is 40.7 Å². The molecule has 8 heteroatoms. The summed E-state index contributed by atoms with van der Waals surface area (Å²) in [5.74, 6) is 1.46. The molecule has 0 saturated carbocycles. The lowest BCUT2D eigenvalue weighted by atomic mass is 9.90. The fraction of sp³-hybridized carbons (Fsp3) is 0.615. The van der Waals surface area contributed by atoms with Crippen LogP contribution in [0.2, 0.25) is 5.02 Å². The Morgan fingerprint density at radius 3 is 2.56 bits per heavy atom. The zero-order chi connectivity index (χ0) is 24.7. The molecule has 34 heavy (non-hydrogen) atoms. The van der Waals surface area contributed by atoms with Crippen LogP contribution < -0.4 is 5.32 Å². The number of likely N-dealkylation sites (tertiary alicyclic amines) is 1. The van der Waals surface area contributed by atoms with E-state index in [1.165, 1.54) is 0 Å². The third-order valence-corrected chi connectivity index (χ3v) is 6.80. The number of aryl methyl sites for hydroxylation is 1. The summed E-state index contributed by atoms with van der Waals surface area (Å²) in [5, 5.41) is 3.73. The Bertz CT molecular complexity index is 921. The van der Waals surface area contributed by atoms with Gasteiger partial charge >= 0.3 is 0 Å². The van der Waals surface area contributed by atoms with Crippen molar-refractivity contribution in [1.82, 2.24) is 20.1 Å². The van der Waals surface area contributed by atoms with E-state index in [2.05, 4.69) is 29.0 Å². The molecule has 1 atom stereocenters. The van der Waals surface area contributed by atoms with Gasteiger partial charge in [0.25, 0.3) is 0 Å². The number of carbonyl (C=O) groups excluding carboxylic acids is 1. The average molecular weight is 491 g/mol. The maximum atomic E-state index is 12.5. The van der Waals surface area contributed by atoms with E-state index >= 15 is 0 Å². The van der Waals surface area contributed by atoms with Gasteiger partial charge in [-0.25, -0.2) is 4.98 Å². The first-order valence-electron chi connectivity index (χ1n) is 12.5. The van der Waals surface area contributed by atoms with Crippen LogP contribution in [0.5, 0.6) is 0 Å². The zero-order valence-electron chi connectivity index (χ0n) is 21.2. The van der Waals surface area contributed by atoms with Gasteiger partial charge in [0.15, 0.2) is 0 Å². The van der Waals surface area contributed by atoms with Crippen LogP contribution in [0.3, 0.4) is 0 Å². The highest BCUT2D eigenvalue weighted by Gasteiger charge is 2.51. The number of nitrogens with one attached hydrogen (secondary N) is 1. The molecule has 2 saturated heterocycles. The number of rotatable bonds is 9. The van der Waals surface area contributed by atoms with E-state index in [0.717, 1.165) is 69.1 Å². The molecule has 1 N–H and O–H groups in total. The molecular weight excluding hydrogens is 452 g/mol. The predicted molar refractivity (Wildman–Crippen MR) is 136 cm³/mol. The quantitative estimate of drug-likeness (QED) is 0.557. The smallest absolute Gasteiger partial charge is 0.249 e. The fourth-order valence-corrected chi connectivity index (χ4v) is 4.73. The molecule has 1 unspecified atom stereocenters. The van der Waals surface area contributed by atoms with Crippen molar-refractivity contribution in [1.29, 1.82) is 0 Å². The molecule has 1 aromatic heterocycles. The van der Waals surface area contributed by atoms with Gasteiger partial charge < -0.3 is 19.4 Å². The van der Waals surface area contributed by atoms with Crippen molar-refractivity contribution >= 4 is 17.5 Å². The molecule has 1 amide bonds. The minimum Gasteiger partial charge on any atom is -0.441 e. The number of nitrogens with zero attached hydrogens (tertiary/aromatic N) is 3. The van der Waals surface area contributed by atoms with Gasteiger partial charge in [0, 0.05) is 43.3 Å². The lowest BCUT2D eigenvalue weighted by Crippen LogP contribution is -2.61. The highest BCUT2D eigenvalue weighted by atomic mass is 35.5. The van der Waals surface area contributed by atoms with Crippen LogP contribution in [0.1, 0.15) is 52.0 Å². The SMILES string of the molecule is CC.CCN(CC)CCNC(=O)C1CCC2(CN(Cc3nc(-c4ccc(Cl)cc4)oc3C)C2)O1. The number of benzene rings is 1. The van der Waals surface area contributed by atoms with E-state index in [1.807, 2.05) is 45.0 Å². The van der Waals surface area contributed by atoms with Crippen LogP contribution in [-0.4, -0.2) is 71.7 Å². The first-order chi connectivity index (χ1) is 16.4. The molecule has 2 aliphatic heterocycles. The highest BCUT2D eigenvalue weighted by molar-refractivity contribution is 6.30. The van der Waals surface area contributed by atoms with Crippen molar-refractivity contribution in [3.8, 4) is 11.5 Å². The normalized spacial score (nSPS) is 19.1. The summed E-state index contributed by atoms with van der Waals surface area (Å²) in [5.41, 5.74) is 1.66. The predicted octanol–water partition coefficient (Wildman–Crippen LogP) is 4.52. The van der Waals surface area contributed by atoms with E-state index < -0.39 is 0 Å². The Morgan fingerprint density at radius 1 is 1.24 bits per heavy atom. The van der Waals surface area contributed by atoms with Crippen LogP contribution in [0, 0.1) is 6.92 Å². The monoisotopic (exact) mass is 490 g/mol. The van der Waals surface area contributed by atoms with Crippen molar-refractivity contribution in [2.45, 2.75) is 65.7 Å². The van der Waals surface area contributed by atoms with Gasteiger partial charge in [-0.1, -0.05) is 39.3 Å². The second-order valence-electron chi connectivity index (χ2n) is 8.82. The lowest BCUT2D eigenvalue weighted by Gasteiger charge is -2.47. The van der Waals surface area contributed by atoms with Crippen LogP contribution >= 0.6 is 11.6 Å². The van der Waals surface area contributed by atoms with Gasteiger partial charge in [-0.15, -0.1) is 0 Å². The Hall–Kier alpha value is -1.93. The minimum atomic E-state index is -0.334. The number of halogens is 1. The van der Waals surface area contributed by atoms with Crippen LogP contribution in [0.15, 0.2) is 28.7 Å². The number of amides is 1. The number of hydrogen-bond donors (Lipinski definition) is 1. The second-order valence-corrected chi connectivity index (χ2v) is 9.26. The number of carbonyl (C=O) groups is 1. The summed E-state index contributed by atoms with van der Waals surface area (Å²) in [4.78, 5) is 21.8. The first kappa shape index (κ1) is 26.7. The number of likely N-dealkylation sites (N-methyl/N-ethyl adjacent to an activating group) is 1.